The highest BCUT2D eigenvalue weighted by Crippen LogP contribution is 2.69. The molecule has 3 unspecified atom stereocenters. The van der Waals surface area contributed by atoms with Gasteiger partial charge in [0.05, 0.1) is 6.10 Å². The van der Waals surface area contributed by atoms with Crippen molar-refractivity contribution >= 4 is 15.6 Å². The van der Waals surface area contributed by atoms with Crippen LogP contribution in [0.5, 0.6) is 0 Å². The standard InChI is InChI=1S/C10H20O7P2/c1-9(2)7-4-5-10(9,3)8(6-7)16-19(14,15)17-18(11,12)13/h7-8H,4-6H2,1-3H3,(H,14,15)(H2,11,12,13)/t7?,8-,10?/m1/s1. The normalized spacial score (nSPS) is 40.3. The van der Waals surface area contributed by atoms with Crippen molar-refractivity contribution in [3.63, 3.8) is 0 Å². The lowest BCUT2D eigenvalue weighted by Gasteiger charge is -2.38. The minimum absolute atomic E-state index is 0.0280. The molecule has 2 rings (SSSR count). The topological polar surface area (TPSA) is 113 Å². The van der Waals surface area contributed by atoms with E-state index in [-0.39, 0.29) is 10.8 Å². The number of phosphoric ester groups is 1. The predicted octanol–water partition coefficient (Wildman–Crippen LogP) is 2.43. The van der Waals surface area contributed by atoms with E-state index in [0.717, 1.165) is 12.8 Å². The zero-order chi connectivity index (χ0) is 14.7. The lowest BCUT2D eigenvalue weighted by molar-refractivity contribution is 0.0107. The largest absolute Gasteiger partial charge is 0.481 e. The summed E-state index contributed by atoms with van der Waals surface area (Å²) in [5.74, 6) is 0.387. The van der Waals surface area contributed by atoms with Crippen LogP contribution in [-0.2, 0) is 18.0 Å². The van der Waals surface area contributed by atoms with Crippen LogP contribution in [0.15, 0.2) is 0 Å². The highest BCUT2D eigenvalue weighted by atomic mass is 31.3. The maximum Gasteiger partial charge on any atom is 0.481 e. The summed E-state index contributed by atoms with van der Waals surface area (Å²) in [6.45, 7) is 6.18. The molecule has 4 atom stereocenters. The number of hydrogen-bond donors (Lipinski definition) is 3. The Hall–Kier alpha value is 0.260. The van der Waals surface area contributed by atoms with Crippen molar-refractivity contribution in [3.05, 3.63) is 0 Å². The van der Waals surface area contributed by atoms with Crippen molar-refractivity contribution < 1.29 is 32.6 Å². The van der Waals surface area contributed by atoms with Gasteiger partial charge in [-0.25, -0.2) is 9.13 Å². The fraction of sp³-hybridized carbons (Fsp3) is 1.00. The zero-order valence-electron chi connectivity index (χ0n) is 11.1. The van der Waals surface area contributed by atoms with Crippen LogP contribution in [-0.4, -0.2) is 20.8 Å². The van der Waals surface area contributed by atoms with Crippen LogP contribution < -0.4 is 0 Å². The molecule has 2 saturated carbocycles. The van der Waals surface area contributed by atoms with E-state index in [2.05, 4.69) is 18.2 Å². The Morgan fingerprint density at radius 1 is 1.16 bits per heavy atom. The van der Waals surface area contributed by atoms with E-state index in [1.165, 1.54) is 0 Å². The Kier molecular flexibility index (Phi) is 3.60. The third-order valence-corrected chi connectivity index (χ3v) is 7.38. The fourth-order valence-electron chi connectivity index (χ4n) is 3.60. The van der Waals surface area contributed by atoms with Gasteiger partial charge in [0.15, 0.2) is 0 Å². The second-order valence-corrected chi connectivity index (χ2v) is 9.03. The summed E-state index contributed by atoms with van der Waals surface area (Å²) in [5, 5.41) is 0. The van der Waals surface area contributed by atoms with Crippen LogP contribution in [0.2, 0.25) is 0 Å². The molecule has 2 bridgehead atoms. The molecule has 0 radical (unpaired) electrons. The first-order chi connectivity index (χ1) is 8.37. The summed E-state index contributed by atoms with van der Waals surface area (Å²) in [5.41, 5.74) is -0.311. The second kappa shape index (κ2) is 4.38. The summed E-state index contributed by atoms with van der Waals surface area (Å²) >= 11 is 0. The van der Waals surface area contributed by atoms with Crippen LogP contribution in [0.25, 0.3) is 0 Å². The average molecular weight is 314 g/mol. The van der Waals surface area contributed by atoms with E-state index >= 15 is 0 Å². The molecule has 0 aromatic heterocycles. The molecule has 0 aliphatic heterocycles. The molecule has 19 heavy (non-hydrogen) atoms. The van der Waals surface area contributed by atoms with Gasteiger partial charge in [0.2, 0.25) is 0 Å². The molecule has 0 spiro atoms. The SMILES string of the molecule is CC1(C)C2CCC1(C)[C@H](OP(=O)(O)OP(=O)(O)O)C2. The maximum atomic E-state index is 11.6. The van der Waals surface area contributed by atoms with Gasteiger partial charge in [-0.05, 0) is 36.0 Å². The quantitative estimate of drug-likeness (QED) is 0.683. The number of rotatable bonds is 4. The van der Waals surface area contributed by atoms with Gasteiger partial charge in [-0.1, -0.05) is 20.8 Å². The molecular formula is C10H20O7P2. The number of hydrogen-bond acceptors (Lipinski definition) is 4. The Balaban J connectivity index is 2.14. The first-order valence-corrected chi connectivity index (χ1v) is 9.18. The summed E-state index contributed by atoms with van der Waals surface area (Å²) in [6.07, 6.45) is 1.99. The van der Waals surface area contributed by atoms with Crippen LogP contribution in [0.3, 0.4) is 0 Å². The third-order valence-electron chi connectivity index (χ3n) is 5.18. The second-order valence-electron chi connectivity index (χ2n) is 6.25. The molecular weight excluding hydrogens is 294 g/mol. The minimum atomic E-state index is -5.05. The summed E-state index contributed by atoms with van der Waals surface area (Å²) in [7, 11) is -9.81. The van der Waals surface area contributed by atoms with E-state index in [1.54, 1.807) is 0 Å². The molecule has 0 aromatic carbocycles. The van der Waals surface area contributed by atoms with Gasteiger partial charge in [0.25, 0.3) is 0 Å². The van der Waals surface area contributed by atoms with Crippen LogP contribution >= 0.6 is 15.6 Å². The Labute approximate surface area is 112 Å². The van der Waals surface area contributed by atoms with Gasteiger partial charge in [-0.2, -0.15) is 4.31 Å². The van der Waals surface area contributed by atoms with Crippen LogP contribution in [0.4, 0.5) is 0 Å². The maximum absolute atomic E-state index is 11.6. The molecule has 3 N–H and O–H groups in total. The van der Waals surface area contributed by atoms with Gasteiger partial charge < -0.3 is 14.7 Å². The number of phosphoric acid groups is 2. The molecule has 0 heterocycles. The van der Waals surface area contributed by atoms with E-state index in [4.69, 9.17) is 14.3 Å². The lowest BCUT2D eigenvalue weighted by Crippen LogP contribution is -2.36. The Bertz CT molecular complexity index is 470. The molecule has 112 valence electrons. The summed E-state index contributed by atoms with van der Waals surface area (Å²) < 4.78 is 31.2. The molecule has 0 saturated heterocycles. The van der Waals surface area contributed by atoms with Crippen LogP contribution in [0, 0.1) is 16.7 Å². The monoisotopic (exact) mass is 314 g/mol. The number of fused-ring (bicyclic) bond motifs is 2. The van der Waals surface area contributed by atoms with Gasteiger partial charge in [0.1, 0.15) is 0 Å². The van der Waals surface area contributed by atoms with E-state index in [0.29, 0.717) is 12.3 Å². The summed E-state index contributed by atoms with van der Waals surface area (Å²) in [6, 6.07) is 0. The van der Waals surface area contributed by atoms with Gasteiger partial charge in [-0.3, -0.25) is 4.52 Å². The van der Waals surface area contributed by atoms with Gasteiger partial charge >= 0.3 is 15.6 Å². The van der Waals surface area contributed by atoms with Crippen molar-refractivity contribution in [2.24, 2.45) is 16.7 Å². The van der Waals surface area contributed by atoms with E-state index in [1.807, 2.05) is 6.92 Å². The minimum Gasteiger partial charge on any atom is -0.302 e. The molecule has 2 aliphatic rings. The van der Waals surface area contributed by atoms with Crippen molar-refractivity contribution in [3.8, 4) is 0 Å². The van der Waals surface area contributed by atoms with Crippen molar-refractivity contribution in [2.75, 3.05) is 0 Å². The van der Waals surface area contributed by atoms with Crippen LogP contribution in [0.1, 0.15) is 40.0 Å². The molecule has 2 aliphatic carbocycles. The van der Waals surface area contributed by atoms with E-state index in [9.17, 15) is 14.0 Å². The summed E-state index contributed by atoms with van der Waals surface area (Å²) in [4.78, 5) is 26.6. The smallest absolute Gasteiger partial charge is 0.302 e. The molecule has 9 heteroatoms. The highest BCUT2D eigenvalue weighted by Gasteiger charge is 2.63. The Morgan fingerprint density at radius 3 is 2.11 bits per heavy atom. The van der Waals surface area contributed by atoms with Crippen molar-refractivity contribution in [1.29, 1.82) is 0 Å². The Morgan fingerprint density at radius 2 is 1.74 bits per heavy atom. The van der Waals surface area contributed by atoms with E-state index < -0.39 is 21.7 Å². The fourth-order valence-corrected chi connectivity index (χ4v) is 5.47. The highest BCUT2D eigenvalue weighted by molar-refractivity contribution is 7.60. The van der Waals surface area contributed by atoms with Gasteiger partial charge in [0, 0.05) is 0 Å². The molecule has 2 fully saturated rings. The average Bonchev–Trinajstić information content (AvgIpc) is 2.45. The first kappa shape index (κ1) is 15.6. The zero-order valence-corrected chi connectivity index (χ0v) is 12.9. The lowest BCUT2D eigenvalue weighted by atomic mass is 9.70. The molecule has 0 aromatic rings. The van der Waals surface area contributed by atoms with Crippen molar-refractivity contribution in [1.82, 2.24) is 0 Å². The predicted molar refractivity (Wildman–Crippen MR) is 67.1 cm³/mol. The first-order valence-electron chi connectivity index (χ1n) is 6.15. The molecule has 0 amide bonds. The van der Waals surface area contributed by atoms with Crippen molar-refractivity contribution in [2.45, 2.75) is 46.1 Å². The van der Waals surface area contributed by atoms with Gasteiger partial charge in [-0.15, -0.1) is 0 Å². The molecule has 7 nitrogen and oxygen atoms in total. The third kappa shape index (κ3) is 2.70.